The summed E-state index contributed by atoms with van der Waals surface area (Å²) in [7, 11) is 0. The van der Waals surface area contributed by atoms with Crippen LogP contribution in [-0.4, -0.2) is 126 Å². The van der Waals surface area contributed by atoms with Crippen LogP contribution in [0.25, 0.3) is 21.9 Å². The van der Waals surface area contributed by atoms with E-state index < -0.39 is 133 Å². The number of aliphatic hydroxyl groups is 1. The highest BCUT2D eigenvalue weighted by atomic mass is 16.8. The number of aryl methyl sites for hydroxylation is 1. The predicted octanol–water partition coefficient (Wildman–Crippen LogP) is 0.687. The van der Waals surface area contributed by atoms with Gasteiger partial charge in [0.25, 0.3) is 0 Å². The number of hydrogen-bond donors (Lipinski definition) is 3. The number of aliphatic hydroxyl groups excluding tert-OH is 1. The van der Waals surface area contributed by atoms with E-state index >= 15 is 0 Å². The summed E-state index contributed by atoms with van der Waals surface area (Å²) in [6.07, 6.45) is -17.8. The highest BCUT2D eigenvalue weighted by Gasteiger charge is 2.57. The summed E-state index contributed by atoms with van der Waals surface area (Å²) in [5, 5.41) is 33.0. The van der Waals surface area contributed by atoms with Crippen LogP contribution in [0.1, 0.15) is 47.3 Å². The van der Waals surface area contributed by atoms with Crippen LogP contribution in [0, 0.1) is 6.92 Å². The zero-order chi connectivity index (χ0) is 42.7. The zero-order valence-corrected chi connectivity index (χ0v) is 31.9. The maximum absolute atomic E-state index is 12.8. The number of hydrogen-bond acceptors (Lipinski definition) is 22. The van der Waals surface area contributed by atoms with Gasteiger partial charge in [0.2, 0.25) is 23.9 Å². The molecule has 1 aromatic carbocycles. The number of benzene rings is 1. The fourth-order valence-corrected chi connectivity index (χ4v) is 6.42. The monoisotopic (exact) mass is 824 g/mol. The molecule has 22 nitrogen and oxygen atoms in total. The molecule has 3 N–H and O–H groups in total. The summed E-state index contributed by atoms with van der Waals surface area (Å²) in [6, 6.07) is 2.37. The Morgan fingerprint density at radius 2 is 1.17 bits per heavy atom. The van der Waals surface area contributed by atoms with Gasteiger partial charge in [-0.3, -0.25) is 28.8 Å². The van der Waals surface area contributed by atoms with Gasteiger partial charge in [0.05, 0.1) is 0 Å². The van der Waals surface area contributed by atoms with Crippen LogP contribution < -0.4 is 10.4 Å². The Bertz CT molecular complexity index is 2130. The first-order valence-electron chi connectivity index (χ1n) is 17.4. The minimum absolute atomic E-state index is 0.0280. The minimum atomic E-state index is -2.01. The zero-order valence-electron chi connectivity index (χ0n) is 31.9. The topological polar surface area (TPSA) is 299 Å². The largest absolute Gasteiger partial charge is 0.504 e. The first-order valence-corrected chi connectivity index (χ1v) is 17.4. The van der Waals surface area contributed by atoms with Crippen LogP contribution in [0.2, 0.25) is 0 Å². The Kier molecular flexibility index (Phi) is 13.1. The fourth-order valence-electron chi connectivity index (χ4n) is 6.42. The summed E-state index contributed by atoms with van der Waals surface area (Å²) in [5.74, 6) is -7.72. The molecule has 3 aromatic rings. The van der Waals surface area contributed by atoms with E-state index in [0.29, 0.717) is 0 Å². The molecule has 0 saturated carbocycles. The molecule has 58 heavy (non-hydrogen) atoms. The average Bonchev–Trinajstić information content (AvgIpc) is 3.47. The normalized spacial score (nSPS) is 27.0. The van der Waals surface area contributed by atoms with Crippen LogP contribution >= 0.6 is 0 Å². The maximum atomic E-state index is 12.8. The van der Waals surface area contributed by atoms with Gasteiger partial charge < -0.3 is 71.5 Å². The van der Waals surface area contributed by atoms with Gasteiger partial charge in [-0.1, -0.05) is 0 Å². The molecule has 0 aliphatic carbocycles. The molecule has 22 heteroatoms. The van der Waals surface area contributed by atoms with Crippen molar-refractivity contribution in [3.05, 3.63) is 28.3 Å². The Morgan fingerprint density at radius 1 is 0.655 bits per heavy atom. The molecule has 0 amide bonds. The second-order valence-corrected chi connectivity index (χ2v) is 13.1. The first-order chi connectivity index (χ1) is 27.2. The fraction of sp³-hybridized carbons (Fsp3) is 0.528. The van der Waals surface area contributed by atoms with E-state index in [-0.39, 0.29) is 27.7 Å². The molecule has 10 atom stereocenters. The molecule has 0 radical (unpaired) electrons. The Labute approximate surface area is 326 Å². The third kappa shape index (κ3) is 9.58. The van der Waals surface area contributed by atoms with Gasteiger partial charge >= 0.3 is 41.4 Å². The summed E-state index contributed by atoms with van der Waals surface area (Å²) in [6.45, 7) is 6.21. The number of esters is 6. The van der Waals surface area contributed by atoms with Gasteiger partial charge in [0, 0.05) is 53.0 Å². The van der Waals surface area contributed by atoms with Crippen molar-refractivity contribution >= 4 is 57.8 Å². The molecule has 2 aliphatic heterocycles. The molecule has 316 valence electrons. The highest BCUT2D eigenvalue weighted by molar-refractivity contribution is 6.08. The van der Waals surface area contributed by atoms with E-state index in [0.717, 1.165) is 47.6 Å². The molecule has 4 heterocycles. The van der Waals surface area contributed by atoms with Gasteiger partial charge in [-0.05, 0) is 13.0 Å². The summed E-state index contributed by atoms with van der Waals surface area (Å²) >= 11 is 0. The summed E-state index contributed by atoms with van der Waals surface area (Å²) in [4.78, 5) is 86.2. The van der Waals surface area contributed by atoms with Crippen LogP contribution in [0.4, 0.5) is 0 Å². The highest BCUT2D eigenvalue weighted by Crippen LogP contribution is 2.47. The van der Waals surface area contributed by atoms with Crippen LogP contribution in [0.5, 0.6) is 17.2 Å². The number of ether oxygens (including phenoxy) is 10. The number of aromatic hydroxyl groups is 2. The SMILES string of the molecule is CC(=O)OC[C@H]1O[C@@H](O[C@H]2[C@H](OC(C)=O)[C@@H](OC(C)=O)[C@H](Oc3c(O)c(O)cc4c3oc3cc(C)oc(=O)c34)O[C@@H]2COC(C)=O)[C@H](O)[C@@H](OC(C)=O)[C@H]1OC(C)=O. The van der Waals surface area contributed by atoms with Gasteiger partial charge in [0.15, 0.2) is 35.9 Å². The van der Waals surface area contributed by atoms with Crippen molar-refractivity contribution in [2.24, 2.45) is 0 Å². The molecular weight excluding hydrogens is 784 g/mol. The Hall–Kier alpha value is -5.97. The maximum Gasteiger partial charge on any atom is 0.347 e. The molecule has 0 unspecified atom stereocenters. The molecule has 2 aliphatic rings. The second kappa shape index (κ2) is 17.7. The molecule has 2 saturated heterocycles. The lowest BCUT2D eigenvalue weighted by Crippen LogP contribution is -2.67. The third-order valence-corrected chi connectivity index (χ3v) is 8.55. The predicted molar refractivity (Wildman–Crippen MR) is 185 cm³/mol. The van der Waals surface area contributed by atoms with Crippen molar-refractivity contribution < 1.29 is 100 Å². The van der Waals surface area contributed by atoms with Crippen molar-refractivity contribution in [2.45, 2.75) is 110 Å². The van der Waals surface area contributed by atoms with E-state index in [1.807, 2.05) is 0 Å². The molecule has 0 spiro atoms. The third-order valence-electron chi connectivity index (χ3n) is 8.55. The van der Waals surface area contributed by atoms with Crippen molar-refractivity contribution in [2.75, 3.05) is 13.2 Å². The first kappa shape index (κ1) is 43.2. The van der Waals surface area contributed by atoms with Gasteiger partial charge in [-0.2, -0.15) is 0 Å². The Morgan fingerprint density at radius 3 is 1.74 bits per heavy atom. The van der Waals surface area contributed by atoms with Crippen molar-refractivity contribution in [1.29, 1.82) is 0 Å². The van der Waals surface area contributed by atoms with E-state index in [1.54, 1.807) is 0 Å². The van der Waals surface area contributed by atoms with E-state index in [9.17, 15) is 48.9 Å². The second-order valence-electron chi connectivity index (χ2n) is 13.1. The minimum Gasteiger partial charge on any atom is -0.504 e. The number of rotatable bonds is 12. The lowest BCUT2D eigenvalue weighted by molar-refractivity contribution is -0.354. The van der Waals surface area contributed by atoms with Crippen LogP contribution in [0.15, 0.2) is 25.8 Å². The lowest BCUT2D eigenvalue weighted by Gasteiger charge is -2.48. The number of phenolic OH excluding ortho intramolecular Hbond substituents is 2. The van der Waals surface area contributed by atoms with E-state index in [1.165, 1.54) is 13.0 Å². The van der Waals surface area contributed by atoms with E-state index in [4.69, 9.17) is 56.2 Å². The number of carbonyl (C=O) groups excluding carboxylic acids is 6. The lowest BCUT2D eigenvalue weighted by atomic mass is 9.96. The molecular formula is C36H40O22. The van der Waals surface area contributed by atoms with Crippen molar-refractivity contribution in [3.8, 4) is 17.2 Å². The van der Waals surface area contributed by atoms with E-state index in [2.05, 4.69) is 0 Å². The van der Waals surface area contributed by atoms with Crippen molar-refractivity contribution in [3.63, 3.8) is 0 Å². The van der Waals surface area contributed by atoms with Gasteiger partial charge in [-0.15, -0.1) is 0 Å². The van der Waals surface area contributed by atoms with Gasteiger partial charge in [-0.25, -0.2) is 4.79 Å². The molecule has 2 fully saturated rings. The standard InChI is InChI=1S/C36H40O22/c1-12-8-21-24(34(46)49-12)19-9-20(43)25(44)30(27(19)54-21)58-36-33(53-18(7)42)32(52-17(6)41)29(23(56-36)11-48-14(3)38)57-35-26(45)31(51-16(5)40)28(50-15(4)39)22(55-35)10-47-13(2)37/h8-9,22-23,26,28-29,31-33,35-36,43-45H,10-11H2,1-7H3/t22-,23-,26-,28+,29-,31-,32+,33-,35+,36+/m1/s1. The molecule has 0 bridgehead atoms. The van der Waals surface area contributed by atoms with Gasteiger partial charge in [0.1, 0.15) is 54.4 Å². The summed E-state index contributed by atoms with van der Waals surface area (Å²) < 4.78 is 67.2. The van der Waals surface area contributed by atoms with Crippen LogP contribution in [-0.2, 0) is 71.4 Å². The summed E-state index contributed by atoms with van der Waals surface area (Å²) in [5.41, 5.74) is -1.20. The Balaban J connectivity index is 1.61. The molecule has 5 rings (SSSR count). The number of fused-ring (bicyclic) bond motifs is 3. The quantitative estimate of drug-likeness (QED) is 0.129. The smallest absolute Gasteiger partial charge is 0.347 e. The number of carbonyl (C=O) groups is 6. The number of phenols is 2. The molecule has 2 aromatic heterocycles. The van der Waals surface area contributed by atoms with Crippen molar-refractivity contribution in [1.82, 2.24) is 0 Å². The van der Waals surface area contributed by atoms with Crippen LogP contribution in [0.3, 0.4) is 0 Å². The number of furan rings is 1. The average molecular weight is 825 g/mol.